The van der Waals surface area contributed by atoms with Crippen molar-refractivity contribution in [1.29, 1.82) is 0 Å². The summed E-state index contributed by atoms with van der Waals surface area (Å²) in [6.07, 6.45) is 0.466. The first-order valence-corrected chi connectivity index (χ1v) is 8.60. The van der Waals surface area contributed by atoms with Crippen LogP contribution in [0.5, 0.6) is 0 Å². The first-order valence-electron chi connectivity index (χ1n) is 7.72. The summed E-state index contributed by atoms with van der Waals surface area (Å²) in [5.41, 5.74) is 2.45. The van der Waals surface area contributed by atoms with Crippen LogP contribution in [0.25, 0.3) is 5.13 Å². The summed E-state index contributed by atoms with van der Waals surface area (Å²) >= 11 is 1.38. The molecule has 0 spiro atoms. The van der Waals surface area contributed by atoms with Crippen LogP contribution < -0.4 is 10.9 Å². The molecule has 8 heteroatoms. The highest BCUT2D eigenvalue weighted by atomic mass is 32.1. The molecule has 1 amide bonds. The van der Waals surface area contributed by atoms with E-state index in [2.05, 4.69) is 15.4 Å². The average Bonchev–Trinajstić information content (AvgIpc) is 3.11. The van der Waals surface area contributed by atoms with Gasteiger partial charge in [0.25, 0.3) is 5.56 Å². The van der Waals surface area contributed by atoms with E-state index in [0.717, 1.165) is 5.69 Å². The minimum Gasteiger partial charge on any atom is -0.326 e. The van der Waals surface area contributed by atoms with Crippen LogP contribution >= 0.6 is 11.3 Å². The zero-order chi connectivity index (χ0) is 18.0. The molecule has 0 saturated carbocycles. The number of thiazole rings is 1. The van der Waals surface area contributed by atoms with Gasteiger partial charge in [-0.3, -0.25) is 14.7 Å². The summed E-state index contributed by atoms with van der Waals surface area (Å²) in [5.74, 6) is -0.595. The van der Waals surface area contributed by atoms with E-state index in [1.165, 1.54) is 40.3 Å². The first-order chi connectivity index (χ1) is 11.9. The number of rotatable bonds is 5. The molecule has 0 saturated heterocycles. The Morgan fingerprint density at radius 2 is 2.04 bits per heavy atom. The lowest BCUT2D eigenvalue weighted by molar-refractivity contribution is -0.116. The molecule has 3 aromatic rings. The summed E-state index contributed by atoms with van der Waals surface area (Å²) in [4.78, 5) is 28.9. The molecule has 0 atom stereocenters. The van der Waals surface area contributed by atoms with E-state index in [1.807, 2.05) is 12.3 Å². The van der Waals surface area contributed by atoms with Crippen LogP contribution in [0.15, 0.2) is 34.4 Å². The van der Waals surface area contributed by atoms with Crippen molar-refractivity contribution in [2.45, 2.75) is 26.7 Å². The van der Waals surface area contributed by atoms with Gasteiger partial charge in [0.1, 0.15) is 5.82 Å². The molecular formula is C17H17FN4O2S. The lowest BCUT2D eigenvalue weighted by atomic mass is 10.1. The van der Waals surface area contributed by atoms with Crippen molar-refractivity contribution >= 4 is 22.9 Å². The third-order valence-electron chi connectivity index (χ3n) is 3.72. The van der Waals surface area contributed by atoms with Crippen molar-refractivity contribution in [3.8, 4) is 5.13 Å². The number of hydrogen-bond acceptors (Lipinski definition) is 4. The second-order valence-electron chi connectivity index (χ2n) is 5.68. The van der Waals surface area contributed by atoms with Crippen molar-refractivity contribution in [2.24, 2.45) is 0 Å². The predicted octanol–water partition coefficient (Wildman–Crippen LogP) is 2.95. The number of nitrogens with one attached hydrogen (secondary N) is 2. The number of amides is 1. The maximum Gasteiger partial charge on any atom is 0.276 e. The summed E-state index contributed by atoms with van der Waals surface area (Å²) in [6.45, 7) is 3.66. The van der Waals surface area contributed by atoms with Gasteiger partial charge in [0, 0.05) is 28.7 Å². The van der Waals surface area contributed by atoms with E-state index in [9.17, 15) is 14.0 Å². The molecule has 3 rings (SSSR count). The highest BCUT2D eigenvalue weighted by Crippen LogP contribution is 2.14. The number of aromatic nitrogens is 3. The maximum atomic E-state index is 12.9. The monoisotopic (exact) mass is 360 g/mol. The largest absolute Gasteiger partial charge is 0.326 e. The van der Waals surface area contributed by atoms with Crippen LogP contribution in [0, 0.1) is 19.7 Å². The van der Waals surface area contributed by atoms with Crippen molar-refractivity contribution in [2.75, 3.05) is 5.32 Å². The molecule has 0 aliphatic carbocycles. The Balaban J connectivity index is 1.69. The first kappa shape index (κ1) is 17.1. The Hall–Kier alpha value is -2.74. The highest BCUT2D eigenvalue weighted by Gasteiger charge is 2.15. The van der Waals surface area contributed by atoms with Gasteiger partial charge in [-0.25, -0.2) is 9.37 Å². The smallest absolute Gasteiger partial charge is 0.276 e. The Kier molecular flexibility index (Phi) is 4.80. The quantitative estimate of drug-likeness (QED) is 0.734. The molecule has 0 fully saturated rings. The number of benzene rings is 1. The van der Waals surface area contributed by atoms with E-state index in [1.54, 1.807) is 6.92 Å². The molecule has 2 aromatic heterocycles. The summed E-state index contributed by atoms with van der Waals surface area (Å²) in [5, 5.41) is 8.13. The maximum absolute atomic E-state index is 12.9. The van der Waals surface area contributed by atoms with Gasteiger partial charge in [0.15, 0.2) is 0 Å². The molecule has 25 heavy (non-hydrogen) atoms. The minimum absolute atomic E-state index is 0.155. The Bertz CT molecular complexity index is 956. The number of nitrogens with zero attached hydrogens (tertiary/aromatic N) is 2. The average molecular weight is 360 g/mol. The molecule has 130 valence electrons. The molecule has 6 nitrogen and oxygen atoms in total. The lowest BCUT2D eigenvalue weighted by Crippen LogP contribution is -2.19. The number of H-pyrrole nitrogens is 1. The second-order valence-corrected chi connectivity index (χ2v) is 6.52. The zero-order valence-electron chi connectivity index (χ0n) is 13.8. The number of aromatic amines is 1. The fraction of sp³-hybridized carbons (Fsp3) is 0.235. The number of carbonyl (C=O) groups is 1. The summed E-state index contributed by atoms with van der Waals surface area (Å²) < 4.78 is 14.3. The fourth-order valence-corrected chi connectivity index (χ4v) is 3.21. The number of halogens is 1. The van der Waals surface area contributed by atoms with E-state index in [4.69, 9.17) is 0 Å². The van der Waals surface area contributed by atoms with Gasteiger partial charge in [-0.05, 0) is 44.5 Å². The molecule has 2 heterocycles. The van der Waals surface area contributed by atoms with Crippen LogP contribution in [0.4, 0.5) is 10.1 Å². The topological polar surface area (TPSA) is 79.8 Å². The van der Waals surface area contributed by atoms with Gasteiger partial charge < -0.3 is 5.32 Å². The van der Waals surface area contributed by atoms with Crippen molar-refractivity contribution < 1.29 is 9.18 Å². The van der Waals surface area contributed by atoms with Crippen LogP contribution in [0.3, 0.4) is 0 Å². The Morgan fingerprint density at radius 3 is 2.68 bits per heavy atom. The molecular weight excluding hydrogens is 343 g/mol. The number of hydrogen-bond donors (Lipinski definition) is 2. The van der Waals surface area contributed by atoms with E-state index in [0.29, 0.717) is 28.5 Å². The van der Waals surface area contributed by atoms with E-state index < -0.39 is 0 Å². The minimum atomic E-state index is -0.362. The Morgan fingerprint density at radius 1 is 1.32 bits per heavy atom. The van der Waals surface area contributed by atoms with Gasteiger partial charge in [-0.2, -0.15) is 4.68 Å². The summed E-state index contributed by atoms with van der Waals surface area (Å²) in [6, 6.07) is 5.54. The predicted molar refractivity (Wildman–Crippen MR) is 94.9 cm³/mol. The molecule has 0 bridgehead atoms. The van der Waals surface area contributed by atoms with Crippen molar-refractivity contribution in [3.05, 3.63) is 62.8 Å². The second kappa shape index (κ2) is 7.02. The number of carbonyl (C=O) groups excluding carboxylic acids is 1. The van der Waals surface area contributed by atoms with Gasteiger partial charge in [-0.15, -0.1) is 11.3 Å². The van der Waals surface area contributed by atoms with Crippen LogP contribution in [-0.4, -0.2) is 20.7 Å². The van der Waals surface area contributed by atoms with E-state index >= 15 is 0 Å². The molecule has 2 N–H and O–H groups in total. The van der Waals surface area contributed by atoms with Gasteiger partial charge in [-0.1, -0.05) is 0 Å². The molecule has 0 aliphatic heterocycles. The molecule has 1 aromatic carbocycles. The fourth-order valence-electron chi connectivity index (χ4n) is 2.45. The van der Waals surface area contributed by atoms with Crippen LogP contribution in [0.1, 0.15) is 23.4 Å². The van der Waals surface area contributed by atoms with Crippen molar-refractivity contribution in [3.63, 3.8) is 0 Å². The molecule has 0 radical (unpaired) electrons. The number of aryl methyl sites for hydroxylation is 2. The normalized spacial score (nSPS) is 10.8. The van der Waals surface area contributed by atoms with Crippen LogP contribution in [-0.2, 0) is 11.2 Å². The van der Waals surface area contributed by atoms with Gasteiger partial charge >= 0.3 is 0 Å². The third-order valence-corrected chi connectivity index (χ3v) is 4.67. The van der Waals surface area contributed by atoms with E-state index in [-0.39, 0.29) is 23.7 Å². The van der Waals surface area contributed by atoms with Crippen molar-refractivity contribution in [1.82, 2.24) is 14.8 Å². The lowest BCUT2D eigenvalue weighted by Gasteiger charge is -2.04. The van der Waals surface area contributed by atoms with Gasteiger partial charge in [0.2, 0.25) is 11.0 Å². The Labute approximate surface area is 147 Å². The molecule has 0 unspecified atom stereocenters. The molecule has 0 aliphatic rings. The zero-order valence-corrected chi connectivity index (χ0v) is 14.6. The van der Waals surface area contributed by atoms with Crippen LogP contribution in [0.2, 0.25) is 0 Å². The highest BCUT2D eigenvalue weighted by molar-refractivity contribution is 7.12. The standard InChI is InChI=1S/C17H17FN4O2S/c1-10-9-25-17(19-10)22-16(24)14(11(2)21-22)7-8-15(23)20-13-5-3-12(18)4-6-13/h3-6,9,21H,7-8H2,1-2H3,(H,20,23). The SMILES string of the molecule is Cc1csc(-n2[nH]c(C)c(CCC(=O)Nc3ccc(F)cc3)c2=O)n1. The van der Waals surface area contributed by atoms with Gasteiger partial charge in [0.05, 0.1) is 5.69 Å². The third kappa shape index (κ3) is 3.85. The summed E-state index contributed by atoms with van der Waals surface area (Å²) in [7, 11) is 0. The number of anilines is 1.